The molecule has 0 spiro atoms. The molecule has 1 aromatic carbocycles. The van der Waals surface area contributed by atoms with Crippen LogP contribution >= 0.6 is 0 Å². The van der Waals surface area contributed by atoms with Crippen LogP contribution in [-0.4, -0.2) is 53.6 Å². The molecule has 1 heterocycles. The second-order valence-electron chi connectivity index (χ2n) is 7.39. The number of carbonyl (C=O) groups excluding carboxylic acids is 1. The number of hydrogen-bond donors (Lipinski definition) is 1. The minimum Gasteiger partial charge on any atom is -0.459 e. The molecule has 1 saturated heterocycles. The average Bonchev–Trinajstić information content (AvgIpc) is 2.40. The summed E-state index contributed by atoms with van der Waals surface area (Å²) < 4.78 is 5.42. The second-order valence-corrected chi connectivity index (χ2v) is 7.39. The molecule has 0 aromatic heterocycles. The predicted molar refractivity (Wildman–Crippen MR) is 93.0 cm³/mol. The van der Waals surface area contributed by atoms with E-state index in [-0.39, 0.29) is 5.97 Å². The Kier molecular flexibility index (Phi) is 5.65. The monoisotopic (exact) mass is 319 g/mol. The van der Waals surface area contributed by atoms with Gasteiger partial charge in [-0.1, -0.05) is 12.1 Å². The van der Waals surface area contributed by atoms with E-state index >= 15 is 0 Å². The number of ether oxygens (including phenoxy) is 1. The number of anilines is 1. The Morgan fingerprint density at radius 2 is 2.09 bits per heavy atom. The van der Waals surface area contributed by atoms with E-state index in [1.807, 2.05) is 39.0 Å². The van der Waals surface area contributed by atoms with E-state index in [0.717, 1.165) is 31.9 Å². The van der Waals surface area contributed by atoms with E-state index in [1.165, 1.54) is 5.56 Å². The SMILES string of the molecule is CC1CN(Cc2cccc(N)c2)CCN1CC(=O)OC(C)(C)C. The van der Waals surface area contributed by atoms with Crippen molar-refractivity contribution in [3.63, 3.8) is 0 Å². The second kappa shape index (κ2) is 7.32. The molecule has 0 bridgehead atoms. The van der Waals surface area contributed by atoms with Gasteiger partial charge in [-0.15, -0.1) is 0 Å². The largest absolute Gasteiger partial charge is 0.459 e. The zero-order valence-corrected chi connectivity index (χ0v) is 14.7. The Labute approximate surface area is 139 Å². The highest BCUT2D eigenvalue weighted by Crippen LogP contribution is 2.15. The topological polar surface area (TPSA) is 58.8 Å². The van der Waals surface area contributed by atoms with Gasteiger partial charge in [0.2, 0.25) is 0 Å². The summed E-state index contributed by atoms with van der Waals surface area (Å²) in [7, 11) is 0. The van der Waals surface area contributed by atoms with Gasteiger partial charge in [0, 0.05) is 37.9 Å². The quantitative estimate of drug-likeness (QED) is 0.680. The summed E-state index contributed by atoms with van der Waals surface area (Å²) in [5.41, 5.74) is 7.46. The molecule has 2 rings (SSSR count). The van der Waals surface area contributed by atoms with Crippen molar-refractivity contribution in [2.45, 2.75) is 45.9 Å². The van der Waals surface area contributed by atoms with Gasteiger partial charge in [0.1, 0.15) is 5.60 Å². The van der Waals surface area contributed by atoms with Gasteiger partial charge in [-0.05, 0) is 45.4 Å². The van der Waals surface area contributed by atoms with Crippen molar-refractivity contribution in [3.8, 4) is 0 Å². The maximum Gasteiger partial charge on any atom is 0.320 e. The van der Waals surface area contributed by atoms with E-state index in [0.29, 0.717) is 12.6 Å². The molecule has 5 nitrogen and oxygen atoms in total. The first-order valence-electron chi connectivity index (χ1n) is 8.25. The fourth-order valence-corrected chi connectivity index (χ4v) is 2.94. The number of nitrogen functional groups attached to an aromatic ring is 1. The fourth-order valence-electron chi connectivity index (χ4n) is 2.94. The first-order chi connectivity index (χ1) is 10.7. The maximum atomic E-state index is 12.0. The molecule has 2 N–H and O–H groups in total. The number of nitrogens with two attached hydrogens (primary N) is 1. The van der Waals surface area contributed by atoms with Crippen LogP contribution in [0.2, 0.25) is 0 Å². The van der Waals surface area contributed by atoms with Crippen LogP contribution in [0.25, 0.3) is 0 Å². The van der Waals surface area contributed by atoms with Gasteiger partial charge in [-0.25, -0.2) is 0 Å². The molecule has 1 unspecified atom stereocenters. The lowest BCUT2D eigenvalue weighted by atomic mass is 10.1. The molecule has 1 aromatic rings. The standard InChI is InChI=1S/C18H29N3O2/c1-14-11-20(12-15-6-5-7-16(19)10-15)8-9-21(14)13-17(22)23-18(2,3)4/h5-7,10,14H,8-9,11-13,19H2,1-4H3. The lowest BCUT2D eigenvalue weighted by Gasteiger charge is -2.39. The third-order valence-electron chi connectivity index (χ3n) is 3.96. The van der Waals surface area contributed by atoms with E-state index in [2.05, 4.69) is 22.8 Å². The first-order valence-corrected chi connectivity index (χ1v) is 8.25. The molecule has 0 amide bonds. The van der Waals surface area contributed by atoms with E-state index in [4.69, 9.17) is 10.5 Å². The summed E-state index contributed by atoms with van der Waals surface area (Å²) in [5.74, 6) is -0.145. The molecule has 1 atom stereocenters. The molecule has 0 saturated carbocycles. The van der Waals surface area contributed by atoms with Crippen LogP contribution in [0.3, 0.4) is 0 Å². The minimum absolute atomic E-state index is 0.145. The Hall–Kier alpha value is -1.59. The smallest absolute Gasteiger partial charge is 0.320 e. The van der Waals surface area contributed by atoms with Crippen LogP contribution in [0, 0.1) is 0 Å². The molecule has 5 heteroatoms. The molecular weight excluding hydrogens is 290 g/mol. The molecule has 1 fully saturated rings. The zero-order chi connectivity index (χ0) is 17.0. The van der Waals surface area contributed by atoms with Crippen molar-refractivity contribution >= 4 is 11.7 Å². The maximum absolute atomic E-state index is 12.0. The summed E-state index contributed by atoms with van der Waals surface area (Å²) in [5, 5.41) is 0. The third-order valence-corrected chi connectivity index (χ3v) is 3.96. The first kappa shape index (κ1) is 17.8. The molecule has 1 aliphatic rings. The number of carbonyl (C=O) groups is 1. The average molecular weight is 319 g/mol. The lowest BCUT2D eigenvalue weighted by Crippen LogP contribution is -2.53. The van der Waals surface area contributed by atoms with Gasteiger partial charge in [0.05, 0.1) is 6.54 Å². The highest BCUT2D eigenvalue weighted by atomic mass is 16.6. The van der Waals surface area contributed by atoms with Crippen molar-refractivity contribution in [2.24, 2.45) is 0 Å². The van der Waals surface area contributed by atoms with E-state index in [9.17, 15) is 4.79 Å². The molecule has 0 aliphatic carbocycles. The molecule has 1 aliphatic heterocycles. The van der Waals surface area contributed by atoms with E-state index < -0.39 is 5.60 Å². The third kappa shape index (κ3) is 5.84. The molecule has 23 heavy (non-hydrogen) atoms. The van der Waals surface area contributed by atoms with Gasteiger partial charge in [-0.2, -0.15) is 0 Å². The molecular formula is C18H29N3O2. The number of benzene rings is 1. The van der Waals surface area contributed by atoms with Crippen LogP contribution in [0.15, 0.2) is 24.3 Å². The molecule has 128 valence electrons. The normalized spacial score (nSPS) is 20.4. The van der Waals surface area contributed by atoms with Gasteiger partial charge in [0.25, 0.3) is 0 Å². The van der Waals surface area contributed by atoms with Crippen LogP contribution in [0.1, 0.15) is 33.3 Å². The van der Waals surface area contributed by atoms with Gasteiger partial charge >= 0.3 is 5.97 Å². The summed E-state index contributed by atoms with van der Waals surface area (Å²) in [6.45, 7) is 11.9. The van der Waals surface area contributed by atoms with Crippen LogP contribution in [-0.2, 0) is 16.1 Å². The summed E-state index contributed by atoms with van der Waals surface area (Å²) in [4.78, 5) is 16.6. The molecule has 0 radical (unpaired) electrons. The predicted octanol–water partition coefficient (Wildman–Crippen LogP) is 2.12. The van der Waals surface area contributed by atoms with Crippen molar-refractivity contribution < 1.29 is 9.53 Å². The van der Waals surface area contributed by atoms with E-state index in [1.54, 1.807) is 0 Å². The number of esters is 1. The Morgan fingerprint density at radius 3 is 2.70 bits per heavy atom. The van der Waals surface area contributed by atoms with Crippen molar-refractivity contribution in [3.05, 3.63) is 29.8 Å². The highest BCUT2D eigenvalue weighted by molar-refractivity contribution is 5.72. The number of hydrogen-bond acceptors (Lipinski definition) is 5. The summed E-state index contributed by atoms with van der Waals surface area (Å²) in [6.07, 6.45) is 0. The number of nitrogens with zero attached hydrogens (tertiary/aromatic N) is 2. The van der Waals surface area contributed by atoms with Crippen LogP contribution < -0.4 is 5.73 Å². The van der Waals surface area contributed by atoms with Crippen molar-refractivity contribution in [1.29, 1.82) is 0 Å². The van der Waals surface area contributed by atoms with Gasteiger partial charge in [-0.3, -0.25) is 14.6 Å². The Morgan fingerprint density at radius 1 is 1.35 bits per heavy atom. The van der Waals surface area contributed by atoms with Gasteiger partial charge < -0.3 is 10.5 Å². The van der Waals surface area contributed by atoms with Crippen molar-refractivity contribution in [2.75, 3.05) is 31.9 Å². The Balaban J connectivity index is 1.84. The minimum atomic E-state index is -0.421. The van der Waals surface area contributed by atoms with Crippen LogP contribution in [0.4, 0.5) is 5.69 Å². The Bertz CT molecular complexity index is 539. The van der Waals surface area contributed by atoms with Gasteiger partial charge in [0.15, 0.2) is 0 Å². The number of piperazine rings is 1. The van der Waals surface area contributed by atoms with Crippen LogP contribution in [0.5, 0.6) is 0 Å². The highest BCUT2D eigenvalue weighted by Gasteiger charge is 2.27. The zero-order valence-electron chi connectivity index (χ0n) is 14.7. The fraction of sp³-hybridized carbons (Fsp3) is 0.611. The summed E-state index contributed by atoms with van der Waals surface area (Å²) >= 11 is 0. The number of rotatable bonds is 4. The summed E-state index contributed by atoms with van der Waals surface area (Å²) in [6, 6.07) is 8.36. The lowest BCUT2D eigenvalue weighted by molar-refractivity contribution is -0.157. The van der Waals surface area contributed by atoms with Crippen molar-refractivity contribution in [1.82, 2.24) is 9.80 Å².